The standard InChI is InChI=1S/C27H23BrN4O4S2/c1-15(20-14-37-24(23(20)33)17-7-9-19(28)10-8-17)31-32-27(36)22-12-11-21(38-22)26(35)30-13-16-3-5-18(6-4-16)25(34)29-2/h3-12,14,33H,13H2,1-2H3,(H,29,34)(H,30,35)(H,32,36)/b31-15+. The van der Waals surface area contributed by atoms with Crippen molar-refractivity contribution in [3.05, 3.63) is 97.0 Å². The van der Waals surface area contributed by atoms with Crippen molar-refractivity contribution in [2.75, 3.05) is 7.05 Å². The van der Waals surface area contributed by atoms with Gasteiger partial charge in [0.1, 0.15) is 5.75 Å². The average Bonchev–Trinajstić information content (AvgIpc) is 3.58. The SMILES string of the molecule is CNC(=O)c1ccc(CNC(=O)c2ccc(C(=O)N/N=C(\C)c3csc(-c4ccc(Br)cc4)c3O)s2)cc1. The number of hydrogen-bond acceptors (Lipinski definition) is 7. The van der Waals surface area contributed by atoms with Gasteiger partial charge in [0.15, 0.2) is 0 Å². The Hall–Kier alpha value is -3.80. The van der Waals surface area contributed by atoms with E-state index >= 15 is 0 Å². The summed E-state index contributed by atoms with van der Waals surface area (Å²) in [6.45, 7) is 1.98. The Labute approximate surface area is 235 Å². The van der Waals surface area contributed by atoms with Gasteiger partial charge in [-0.3, -0.25) is 14.4 Å². The van der Waals surface area contributed by atoms with E-state index in [9.17, 15) is 19.5 Å². The monoisotopic (exact) mass is 610 g/mol. The zero-order valence-electron chi connectivity index (χ0n) is 20.4. The molecule has 0 saturated heterocycles. The first-order chi connectivity index (χ1) is 18.3. The molecule has 194 valence electrons. The second-order valence-corrected chi connectivity index (χ2v) is 11.0. The number of carbonyl (C=O) groups is 3. The summed E-state index contributed by atoms with van der Waals surface area (Å²) in [5.74, 6) is -0.845. The molecule has 0 fully saturated rings. The number of aromatic hydroxyl groups is 1. The molecule has 2 aromatic heterocycles. The first-order valence-electron chi connectivity index (χ1n) is 11.4. The van der Waals surface area contributed by atoms with Crippen molar-refractivity contribution in [3.63, 3.8) is 0 Å². The Bertz CT molecular complexity index is 1510. The van der Waals surface area contributed by atoms with E-state index < -0.39 is 5.91 Å². The van der Waals surface area contributed by atoms with Crippen LogP contribution in [0.25, 0.3) is 10.4 Å². The fourth-order valence-electron chi connectivity index (χ4n) is 3.43. The first kappa shape index (κ1) is 27.2. The van der Waals surface area contributed by atoms with Crippen LogP contribution in [-0.2, 0) is 6.54 Å². The van der Waals surface area contributed by atoms with Crippen LogP contribution >= 0.6 is 38.6 Å². The van der Waals surface area contributed by atoms with Gasteiger partial charge in [-0.05, 0) is 54.4 Å². The molecular formula is C27H23BrN4O4S2. The number of halogens is 1. The van der Waals surface area contributed by atoms with Crippen molar-refractivity contribution in [2.45, 2.75) is 13.5 Å². The Morgan fingerprint density at radius 1 is 0.921 bits per heavy atom. The number of benzene rings is 2. The fraction of sp³-hybridized carbons (Fsp3) is 0.111. The molecule has 0 radical (unpaired) electrons. The summed E-state index contributed by atoms with van der Waals surface area (Å²) in [7, 11) is 1.56. The van der Waals surface area contributed by atoms with Crippen molar-refractivity contribution in [3.8, 4) is 16.2 Å². The predicted octanol–water partition coefficient (Wildman–Crippen LogP) is 5.39. The van der Waals surface area contributed by atoms with Crippen molar-refractivity contribution < 1.29 is 19.5 Å². The number of thiophene rings is 2. The van der Waals surface area contributed by atoms with Crippen LogP contribution in [0.1, 0.15) is 47.8 Å². The van der Waals surface area contributed by atoms with Gasteiger partial charge in [0.2, 0.25) is 0 Å². The van der Waals surface area contributed by atoms with Crippen LogP contribution in [0.2, 0.25) is 0 Å². The van der Waals surface area contributed by atoms with Crippen LogP contribution in [0, 0.1) is 0 Å². The molecular weight excluding hydrogens is 588 g/mol. The number of hydrazone groups is 1. The highest BCUT2D eigenvalue weighted by atomic mass is 79.9. The van der Waals surface area contributed by atoms with E-state index in [1.807, 2.05) is 24.3 Å². The maximum Gasteiger partial charge on any atom is 0.281 e. The Morgan fingerprint density at radius 2 is 1.58 bits per heavy atom. The summed E-state index contributed by atoms with van der Waals surface area (Å²) in [6, 6.07) is 17.7. The molecule has 4 rings (SSSR count). The minimum Gasteiger partial charge on any atom is -0.506 e. The molecule has 0 aliphatic carbocycles. The lowest BCUT2D eigenvalue weighted by molar-refractivity contribution is 0.0948. The first-order valence-corrected chi connectivity index (χ1v) is 13.9. The summed E-state index contributed by atoms with van der Waals surface area (Å²) in [4.78, 5) is 38.2. The van der Waals surface area contributed by atoms with Gasteiger partial charge in [0, 0.05) is 29.0 Å². The van der Waals surface area contributed by atoms with E-state index in [1.165, 1.54) is 11.3 Å². The molecule has 2 heterocycles. The zero-order chi connectivity index (χ0) is 27.2. The van der Waals surface area contributed by atoms with Gasteiger partial charge in [0.25, 0.3) is 17.7 Å². The maximum absolute atomic E-state index is 12.6. The third-order valence-electron chi connectivity index (χ3n) is 5.54. The van der Waals surface area contributed by atoms with Crippen molar-refractivity contribution in [1.29, 1.82) is 0 Å². The molecule has 0 saturated carbocycles. The maximum atomic E-state index is 12.6. The lowest BCUT2D eigenvalue weighted by atomic mass is 10.1. The summed E-state index contributed by atoms with van der Waals surface area (Å²) in [6.07, 6.45) is 0. The van der Waals surface area contributed by atoms with Crippen LogP contribution in [0.3, 0.4) is 0 Å². The van der Waals surface area contributed by atoms with E-state index in [0.717, 1.165) is 26.9 Å². The topological polar surface area (TPSA) is 120 Å². The third kappa shape index (κ3) is 6.36. The van der Waals surface area contributed by atoms with Gasteiger partial charge >= 0.3 is 0 Å². The third-order valence-corrected chi connectivity index (χ3v) is 8.17. The van der Waals surface area contributed by atoms with E-state index in [2.05, 4.69) is 37.1 Å². The van der Waals surface area contributed by atoms with E-state index in [-0.39, 0.29) is 24.1 Å². The van der Waals surface area contributed by atoms with Crippen molar-refractivity contribution >= 4 is 62.0 Å². The van der Waals surface area contributed by atoms with Crippen LogP contribution in [0.4, 0.5) is 0 Å². The molecule has 2 aromatic carbocycles. The second-order valence-electron chi connectivity index (χ2n) is 8.09. The highest BCUT2D eigenvalue weighted by Crippen LogP contribution is 2.39. The Kier molecular flexibility index (Phi) is 8.72. The normalized spacial score (nSPS) is 11.2. The van der Waals surface area contributed by atoms with E-state index in [0.29, 0.717) is 31.5 Å². The van der Waals surface area contributed by atoms with Gasteiger partial charge in [-0.1, -0.05) is 40.2 Å². The Morgan fingerprint density at radius 3 is 2.24 bits per heavy atom. The number of amides is 3. The molecule has 0 bridgehead atoms. The summed E-state index contributed by atoms with van der Waals surface area (Å²) < 4.78 is 0.945. The van der Waals surface area contributed by atoms with Gasteiger partial charge in [-0.25, -0.2) is 5.43 Å². The largest absolute Gasteiger partial charge is 0.506 e. The minimum absolute atomic E-state index is 0.103. The van der Waals surface area contributed by atoms with Gasteiger partial charge in [-0.15, -0.1) is 22.7 Å². The number of carbonyl (C=O) groups excluding carboxylic acids is 3. The number of hydrogen-bond donors (Lipinski definition) is 4. The van der Waals surface area contributed by atoms with Crippen LogP contribution < -0.4 is 16.1 Å². The molecule has 38 heavy (non-hydrogen) atoms. The highest BCUT2D eigenvalue weighted by Gasteiger charge is 2.17. The van der Waals surface area contributed by atoms with Crippen molar-refractivity contribution in [1.82, 2.24) is 16.1 Å². The van der Waals surface area contributed by atoms with Gasteiger partial charge in [-0.2, -0.15) is 5.10 Å². The molecule has 8 nitrogen and oxygen atoms in total. The quantitative estimate of drug-likeness (QED) is 0.158. The van der Waals surface area contributed by atoms with E-state index in [4.69, 9.17) is 0 Å². The lowest BCUT2D eigenvalue weighted by Crippen LogP contribution is -2.22. The summed E-state index contributed by atoms with van der Waals surface area (Å²) in [5, 5.41) is 22.0. The zero-order valence-corrected chi connectivity index (χ0v) is 23.6. The average molecular weight is 612 g/mol. The highest BCUT2D eigenvalue weighted by molar-refractivity contribution is 9.10. The van der Waals surface area contributed by atoms with Gasteiger partial charge < -0.3 is 15.7 Å². The molecule has 11 heteroatoms. The second kappa shape index (κ2) is 12.2. The molecule has 0 aliphatic rings. The number of nitrogens with one attached hydrogen (secondary N) is 3. The molecule has 0 atom stereocenters. The molecule has 0 unspecified atom stereocenters. The predicted molar refractivity (Wildman–Crippen MR) is 154 cm³/mol. The minimum atomic E-state index is -0.457. The molecule has 4 aromatic rings. The molecule has 0 aliphatic heterocycles. The van der Waals surface area contributed by atoms with Crippen molar-refractivity contribution in [2.24, 2.45) is 5.10 Å². The Balaban J connectivity index is 1.35. The van der Waals surface area contributed by atoms with Gasteiger partial charge in [0.05, 0.1) is 25.9 Å². The van der Waals surface area contributed by atoms with Crippen LogP contribution in [-0.4, -0.2) is 35.6 Å². The number of nitrogens with zero attached hydrogens (tertiary/aromatic N) is 1. The van der Waals surface area contributed by atoms with Crippen LogP contribution in [0.5, 0.6) is 5.75 Å². The summed E-state index contributed by atoms with van der Waals surface area (Å²) >= 11 is 5.84. The molecule has 0 spiro atoms. The van der Waals surface area contributed by atoms with Crippen LogP contribution in [0.15, 0.2) is 75.6 Å². The molecule has 4 N–H and O–H groups in total. The lowest BCUT2D eigenvalue weighted by Gasteiger charge is -2.05. The number of rotatable bonds is 8. The summed E-state index contributed by atoms with van der Waals surface area (Å²) in [5.41, 5.74) is 5.73. The fourth-order valence-corrected chi connectivity index (χ4v) is 5.52. The van der Waals surface area contributed by atoms with E-state index in [1.54, 1.807) is 55.7 Å². The molecule has 3 amide bonds. The smallest absolute Gasteiger partial charge is 0.281 e.